The molecule has 1 amide bonds. The second kappa shape index (κ2) is 6.23. The van der Waals surface area contributed by atoms with E-state index in [4.69, 9.17) is 0 Å². The molecule has 1 rings (SSSR count). The summed E-state index contributed by atoms with van der Waals surface area (Å²) in [6.45, 7) is 5.93. The first-order valence-electron chi connectivity index (χ1n) is 5.81. The lowest BCUT2D eigenvalue weighted by Crippen LogP contribution is -2.36. The number of carbonyl (C=O) groups excluding carboxylic acids is 1. The van der Waals surface area contributed by atoms with Gasteiger partial charge in [-0.3, -0.25) is 4.79 Å². The number of nitrogens with one attached hydrogen (secondary N) is 2. The normalized spacial score (nSPS) is 12.0. The number of amides is 1. The molecule has 0 aliphatic heterocycles. The highest BCUT2D eigenvalue weighted by Crippen LogP contribution is 2.12. The van der Waals surface area contributed by atoms with Crippen LogP contribution in [0.25, 0.3) is 0 Å². The Morgan fingerprint density at radius 3 is 2.71 bits per heavy atom. The third kappa shape index (κ3) is 4.85. The van der Waals surface area contributed by atoms with E-state index in [2.05, 4.69) is 10.6 Å². The van der Waals surface area contributed by atoms with Gasteiger partial charge in [-0.1, -0.05) is 6.92 Å². The third-order valence-electron chi connectivity index (χ3n) is 2.51. The molecule has 0 bridgehead atoms. The smallest absolute Gasteiger partial charge is 0.239 e. The summed E-state index contributed by atoms with van der Waals surface area (Å²) < 4.78 is 13.1. The van der Waals surface area contributed by atoms with Gasteiger partial charge in [0.25, 0.3) is 0 Å². The van der Waals surface area contributed by atoms with Crippen molar-refractivity contribution in [3.63, 3.8) is 0 Å². The van der Waals surface area contributed by atoms with E-state index >= 15 is 0 Å². The molecule has 17 heavy (non-hydrogen) atoms. The predicted octanol–water partition coefficient (Wildman–Crippen LogP) is 2.46. The summed E-state index contributed by atoms with van der Waals surface area (Å²) in [4.78, 5) is 11.5. The lowest BCUT2D eigenvalue weighted by atomic mass is 10.2. The van der Waals surface area contributed by atoms with Crippen molar-refractivity contribution in [2.45, 2.75) is 33.2 Å². The molecule has 0 saturated carbocycles. The Morgan fingerprint density at radius 2 is 2.12 bits per heavy atom. The van der Waals surface area contributed by atoms with Gasteiger partial charge in [0.05, 0.1) is 6.54 Å². The summed E-state index contributed by atoms with van der Waals surface area (Å²) in [5.41, 5.74) is 1.46. The van der Waals surface area contributed by atoms with Gasteiger partial charge in [-0.15, -0.1) is 0 Å². The first-order valence-corrected chi connectivity index (χ1v) is 5.81. The maximum absolute atomic E-state index is 13.1. The number of rotatable bonds is 5. The molecule has 2 N–H and O–H groups in total. The molecule has 0 aliphatic carbocycles. The fourth-order valence-electron chi connectivity index (χ4n) is 1.45. The number of hydrogen-bond donors (Lipinski definition) is 2. The first-order chi connectivity index (χ1) is 8.01. The number of hydrogen-bond acceptors (Lipinski definition) is 2. The summed E-state index contributed by atoms with van der Waals surface area (Å²) in [7, 11) is 0. The van der Waals surface area contributed by atoms with E-state index in [1.165, 1.54) is 12.1 Å². The molecule has 94 valence electrons. The molecule has 0 saturated heterocycles. The molecule has 1 atom stereocenters. The highest BCUT2D eigenvalue weighted by Gasteiger charge is 2.05. The minimum absolute atomic E-state index is 0.0822. The lowest BCUT2D eigenvalue weighted by molar-refractivity contribution is -0.120. The van der Waals surface area contributed by atoms with Crippen molar-refractivity contribution in [1.29, 1.82) is 0 Å². The van der Waals surface area contributed by atoms with Crippen LogP contribution in [0.3, 0.4) is 0 Å². The molecule has 0 aromatic heterocycles. The minimum Gasteiger partial charge on any atom is -0.376 e. The molecule has 0 radical (unpaired) electrons. The van der Waals surface area contributed by atoms with E-state index in [0.717, 1.165) is 12.0 Å². The number of halogens is 1. The van der Waals surface area contributed by atoms with E-state index in [1.54, 1.807) is 6.07 Å². The van der Waals surface area contributed by atoms with Crippen molar-refractivity contribution in [2.24, 2.45) is 0 Å². The van der Waals surface area contributed by atoms with Gasteiger partial charge >= 0.3 is 0 Å². The maximum Gasteiger partial charge on any atom is 0.239 e. The van der Waals surface area contributed by atoms with Crippen molar-refractivity contribution in [3.8, 4) is 0 Å². The van der Waals surface area contributed by atoms with Gasteiger partial charge in [0.2, 0.25) is 5.91 Å². The van der Waals surface area contributed by atoms with E-state index in [0.29, 0.717) is 5.69 Å². The van der Waals surface area contributed by atoms with Crippen molar-refractivity contribution in [2.75, 3.05) is 11.9 Å². The Balaban J connectivity index is 2.47. The summed E-state index contributed by atoms with van der Waals surface area (Å²) >= 11 is 0. The minimum atomic E-state index is -0.296. The summed E-state index contributed by atoms with van der Waals surface area (Å²) in [5, 5.41) is 5.74. The number of aryl methyl sites for hydroxylation is 1. The fourth-order valence-corrected chi connectivity index (χ4v) is 1.45. The van der Waals surface area contributed by atoms with Crippen LogP contribution < -0.4 is 10.6 Å². The molecule has 3 nitrogen and oxygen atoms in total. The quantitative estimate of drug-likeness (QED) is 0.827. The Morgan fingerprint density at radius 1 is 1.41 bits per heavy atom. The van der Waals surface area contributed by atoms with E-state index in [-0.39, 0.29) is 24.3 Å². The zero-order chi connectivity index (χ0) is 12.8. The average Bonchev–Trinajstić information content (AvgIpc) is 2.25. The van der Waals surface area contributed by atoms with Crippen LogP contribution in [-0.2, 0) is 4.79 Å². The van der Waals surface area contributed by atoms with Crippen LogP contribution in [0.2, 0.25) is 0 Å². The van der Waals surface area contributed by atoms with Gasteiger partial charge in [-0.2, -0.15) is 0 Å². The molecule has 0 fully saturated rings. The highest BCUT2D eigenvalue weighted by molar-refractivity contribution is 5.80. The molecule has 0 spiro atoms. The number of carbonyl (C=O) groups is 1. The first kappa shape index (κ1) is 13.5. The zero-order valence-corrected chi connectivity index (χ0v) is 10.5. The van der Waals surface area contributed by atoms with Crippen LogP contribution in [0.15, 0.2) is 18.2 Å². The molecule has 4 heteroatoms. The molecular weight excluding hydrogens is 219 g/mol. The second-order valence-corrected chi connectivity index (χ2v) is 4.25. The van der Waals surface area contributed by atoms with Crippen LogP contribution in [0, 0.1) is 12.7 Å². The molecular formula is C13H19FN2O. The highest BCUT2D eigenvalue weighted by atomic mass is 19.1. The van der Waals surface area contributed by atoms with Gasteiger partial charge in [0.1, 0.15) is 5.82 Å². The van der Waals surface area contributed by atoms with E-state index in [9.17, 15) is 9.18 Å². The SMILES string of the molecule is CCC(C)NC(=O)CNc1cc(C)cc(F)c1. The van der Waals surface area contributed by atoms with Gasteiger partial charge in [0.15, 0.2) is 0 Å². The zero-order valence-electron chi connectivity index (χ0n) is 10.5. The molecule has 0 heterocycles. The van der Waals surface area contributed by atoms with Gasteiger partial charge in [-0.25, -0.2) is 4.39 Å². The van der Waals surface area contributed by atoms with Crippen LogP contribution in [0.5, 0.6) is 0 Å². The monoisotopic (exact) mass is 238 g/mol. The van der Waals surface area contributed by atoms with Crippen LogP contribution in [0.1, 0.15) is 25.8 Å². The Bertz CT molecular complexity index is 373. The van der Waals surface area contributed by atoms with Crippen molar-refractivity contribution in [1.82, 2.24) is 5.32 Å². The summed E-state index contributed by atoms with van der Waals surface area (Å²) in [6.07, 6.45) is 0.894. The standard InChI is InChI=1S/C13H19FN2O/c1-4-10(3)16-13(17)8-15-12-6-9(2)5-11(14)7-12/h5-7,10,15H,4,8H2,1-3H3,(H,16,17). The lowest BCUT2D eigenvalue weighted by Gasteiger charge is -2.12. The topological polar surface area (TPSA) is 41.1 Å². The Kier molecular flexibility index (Phi) is 4.94. The van der Waals surface area contributed by atoms with Crippen molar-refractivity contribution in [3.05, 3.63) is 29.6 Å². The molecule has 0 aliphatic rings. The largest absolute Gasteiger partial charge is 0.376 e. The Hall–Kier alpha value is -1.58. The predicted molar refractivity (Wildman–Crippen MR) is 67.5 cm³/mol. The summed E-state index contributed by atoms with van der Waals surface area (Å²) in [5.74, 6) is -0.379. The van der Waals surface area contributed by atoms with Crippen molar-refractivity contribution >= 4 is 11.6 Å². The molecule has 1 unspecified atom stereocenters. The van der Waals surface area contributed by atoms with E-state index in [1.807, 2.05) is 20.8 Å². The molecule has 1 aromatic rings. The van der Waals surface area contributed by atoms with Crippen LogP contribution >= 0.6 is 0 Å². The maximum atomic E-state index is 13.1. The summed E-state index contributed by atoms with van der Waals surface area (Å²) in [6, 6.07) is 4.80. The van der Waals surface area contributed by atoms with Gasteiger partial charge in [-0.05, 0) is 44.0 Å². The van der Waals surface area contributed by atoms with Crippen LogP contribution in [-0.4, -0.2) is 18.5 Å². The Labute approximate surface area is 101 Å². The molecule has 1 aromatic carbocycles. The van der Waals surface area contributed by atoms with E-state index < -0.39 is 0 Å². The number of anilines is 1. The van der Waals surface area contributed by atoms with Crippen LogP contribution in [0.4, 0.5) is 10.1 Å². The van der Waals surface area contributed by atoms with Gasteiger partial charge < -0.3 is 10.6 Å². The number of benzene rings is 1. The second-order valence-electron chi connectivity index (χ2n) is 4.25. The third-order valence-corrected chi connectivity index (χ3v) is 2.51. The van der Waals surface area contributed by atoms with Gasteiger partial charge in [0, 0.05) is 11.7 Å². The van der Waals surface area contributed by atoms with Crippen molar-refractivity contribution < 1.29 is 9.18 Å². The fraction of sp³-hybridized carbons (Fsp3) is 0.462. The average molecular weight is 238 g/mol.